The second-order valence-corrected chi connectivity index (χ2v) is 8.02. The Morgan fingerprint density at radius 2 is 1.68 bits per heavy atom. The van der Waals surface area contributed by atoms with E-state index < -0.39 is 42.5 Å². The third-order valence-electron chi connectivity index (χ3n) is 6.01. The molecule has 0 saturated carbocycles. The van der Waals surface area contributed by atoms with Gasteiger partial charge in [0, 0.05) is 6.54 Å². The maximum Gasteiger partial charge on any atom is 0.265 e. The van der Waals surface area contributed by atoms with Crippen LogP contribution in [0.2, 0.25) is 0 Å². The average Bonchev–Trinajstić information content (AvgIpc) is 3.26. The number of aliphatic hydroxyl groups excluding tert-OH is 1. The van der Waals surface area contributed by atoms with Gasteiger partial charge in [-0.3, -0.25) is 14.4 Å². The summed E-state index contributed by atoms with van der Waals surface area (Å²) in [6.07, 6.45) is -3.19. The summed E-state index contributed by atoms with van der Waals surface area (Å²) in [5.41, 5.74) is 1.47. The fourth-order valence-electron chi connectivity index (χ4n) is 4.59. The molecular formula is C23H24N2O6. The molecule has 3 fully saturated rings. The number of hydrogen-bond acceptors (Lipinski definition) is 7. The number of fused-ring (bicyclic) bond motifs is 1. The Labute approximate surface area is 179 Å². The maximum atomic E-state index is 13.5. The van der Waals surface area contributed by atoms with Gasteiger partial charge < -0.3 is 14.6 Å². The first-order chi connectivity index (χ1) is 15.0. The number of hydrogen-bond donors (Lipinski definition) is 1. The van der Waals surface area contributed by atoms with Gasteiger partial charge in [-0.15, -0.1) is 0 Å². The summed E-state index contributed by atoms with van der Waals surface area (Å²) in [5.74, 6) is -1.55. The predicted molar refractivity (Wildman–Crippen MR) is 109 cm³/mol. The SMILES string of the molecule is C[C@H]1OC[C@@H](O)[C@@H]([C@@H]2[C@H]3C(=O)N(c4ccccc4)C(=O)[C@H]3ON2Cc2ccccc2)O1. The zero-order valence-electron chi connectivity index (χ0n) is 17.0. The van der Waals surface area contributed by atoms with E-state index in [1.54, 1.807) is 36.3 Å². The summed E-state index contributed by atoms with van der Waals surface area (Å²) >= 11 is 0. The van der Waals surface area contributed by atoms with Gasteiger partial charge in [-0.05, 0) is 24.6 Å². The minimum absolute atomic E-state index is 0.0867. The van der Waals surface area contributed by atoms with Gasteiger partial charge >= 0.3 is 0 Å². The smallest absolute Gasteiger partial charge is 0.265 e. The highest BCUT2D eigenvalue weighted by Crippen LogP contribution is 2.42. The summed E-state index contributed by atoms with van der Waals surface area (Å²) in [5, 5.41) is 12.3. The van der Waals surface area contributed by atoms with Crippen molar-refractivity contribution in [3.05, 3.63) is 66.2 Å². The van der Waals surface area contributed by atoms with E-state index >= 15 is 0 Å². The summed E-state index contributed by atoms with van der Waals surface area (Å²) in [4.78, 5) is 33.9. The fraction of sp³-hybridized carbons (Fsp3) is 0.391. The van der Waals surface area contributed by atoms with Crippen LogP contribution in [0.25, 0.3) is 0 Å². The van der Waals surface area contributed by atoms with Crippen molar-refractivity contribution >= 4 is 17.5 Å². The van der Waals surface area contributed by atoms with Crippen molar-refractivity contribution < 1.29 is 29.0 Å². The number of amides is 2. The minimum Gasteiger partial charge on any atom is -0.388 e. The normalized spacial score (nSPS) is 33.7. The van der Waals surface area contributed by atoms with Crippen LogP contribution in [0.4, 0.5) is 5.69 Å². The fourth-order valence-corrected chi connectivity index (χ4v) is 4.59. The monoisotopic (exact) mass is 424 g/mol. The first kappa shape index (κ1) is 20.3. The third-order valence-corrected chi connectivity index (χ3v) is 6.01. The number of imide groups is 1. The number of rotatable bonds is 4. The van der Waals surface area contributed by atoms with Gasteiger partial charge in [0.05, 0.1) is 24.3 Å². The van der Waals surface area contributed by atoms with E-state index in [1.165, 1.54) is 4.90 Å². The van der Waals surface area contributed by atoms with Crippen molar-refractivity contribution in [2.75, 3.05) is 11.5 Å². The van der Waals surface area contributed by atoms with Crippen LogP contribution in [-0.2, 0) is 30.4 Å². The van der Waals surface area contributed by atoms with Crippen molar-refractivity contribution in [2.24, 2.45) is 5.92 Å². The number of carbonyl (C=O) groups is 2. The van der Waals surface area contributed by atoms with E-state index in [2.05, 4.69) is 0 Å². The lowest BCUT2D eigenvalue weighted by atomic mass is 9.89. The van der Waals surface area contributed by atoms with E-state index in [9.17, 15) is 14.7 Å². The van der Waals surface area contributed by atoms with Gasteiger partial charge in [0.1, 0.15) is 12.2 Å². The molecule has 5 rings (SSSR count). The van der Waals surface area contributed by atoms with Crippen LogP contribution in [0.5, 0.6) is 0 Å². The van der Waals surface area contributed by atoms with Gasteiger partial charge in [-0.2, -0.15) is 5.06 Å². The molecule has 0 bridgehead atoms. The third kappa shape index (κ3) is 3.56. The topological polar surface area (TPSA) is 88.5 Å². The molecule has 3 saturated heterocycles. The van der Waals surface area contributed by atoms with E-state index in [1.807, 2.05) is 36.4 Å². The lowest BCUT2D eigenvalue weighted by Crippen LogP contribution is -2.56. The Bertz CT molecular complexity index is 955. The summed E-state index contributed by atoms with van der Waals surface area (Å²) in [6, 6.07) is 17.8. The number of ether oxygens (including phenoxy) is 2. The molecule has 8 nitrogen and oxygen atoms in total. The molecular weight excluding hydrogens is 400 g/mol. The predicted octanol–water partition coefficient (Wildman–Crippen LogP) is 1.48. The molecule has 1 N–H and O–H groups in total. The zero-order chi connectivity index (χ0) is 21.5. The van der Waals surface area contributed by atoms with Crippen molar-refractivity contribution in [1.82, 2.24) is 5.06 Å². The van der Waals surface area contributed by atoms with Crippen LogP contribution in [0.3, 0.4) is 0 Å². The second kappa shape index (κ2) is 8.14. The highest BCUT2D eigenvalue weighted by atomic mass is 16.7. The maximum absolute atomic E-state index is 13.5. The van der Waals surface area contributed by atoms with Crippen molar-refractivity contribution in [1.29, 1.82) is 0 Å². The van der Waals surface area contributed by atoms with Crippen LogP contribution < -0.4 is 4.90 Å². The Hall–Kier alpha value is -2.62. The largest absolute Gasteiger partial charge is 0.388 e. The molecule has 8 heteroatoms. The summed E-state index contributed by atoms with van der Waals surface area (Å²) in [6.45, 7) is 2.18. The van der Waals surface area contributed by atoms with Gasteiger partial charge in [-0.1, -0.05) is 48.5 Å². The molecule has 0 aromatic heterocycles. The molecule has 0 radical (unpaired) electrons. The minimum atomic E-state index is -0.963. The Morgan fingerprint density at radius 1 is 1.00 bits per heavy atom. The second-order valence-electron chi connectivity index (χ2n) is 8.02. The number of benzene rings is 2. The van der Waals surface area contributed by atoms with Crippen molar-refractivity contribution in [3.63, 3.8) is 0 Å². The van der Waals surface area contributed by atoms with Gasteiger partial charge in [-0.25, -0.2) is 4.90 Å². The molecule has 3 aliphatic heterocycles. The van der Waals surface area contributed by atoms with Gasteiger partial charge in [0.25, 0.3) is 5.91 Å². The van der Waals surface area contributed by atoms with Crippen LogP contribution in [0.1, 0.15) is 12.5 Å². The van der Waals surface area contributed by atoms with Gasteiger partial charge in [0.15, 0.2) is 12.4 Å². The van der Waals surface area contributed by atoms with Gasteiger partial charge in [0.2, 0.25) is 5.91 Å². The number of para-hydroxylation sites is 1. The summed E-state index contributed by atoms with van der Waals surface area (Å²) < 4.78 is 11.3. The molecule has 3 aliphatic rings. The van der Waals surface area contributed by atoms with E-state index in [0.29, 0.717) is 12.2 Å². The van der Waals surface area contributed by atoms with E-state index in [-0.39, 0.29) is 12.5 Å². The quantitative estimate of drug-likeness (QED) is 0.744. The van der Waals surface area contributed by atoms with Crippen LogP contribution in [0.15, 0.2) is 60.7 Å². The molecule has 0 unspecified atom stereocenters. The molecule has 2 aromatic rings. The number of carbonyl (C=O) groups excluding carboxylic acids is 2. The average molecular weight is 424 g/mol. The van der Waals surface area contributed by atoms with Crippen molar-refractivity contribution in [2.45, 2.75) is 44.1 Å². The van der Waals surface area contributed by atoms with Crippen LogP contribution in [0, 0.1) is 5.92 Å². The molecule has 2 aromatic carbocycles. The zero-order valence-corrected chi connectivity index (χ0v) is 17.0. The number of nitrogens with zero attached hydrogens (tertiary/aromatic N) is 2. The molecule has 0 spiro atoms. The van der Waals surface area contributed by atoms with E-state index in [4.69, 9.17) is 14.3 Å². The van der Waals surface area contributed by atoms with Crippen LogP contribution >= 0.6 is 0 Å². The number of hydroxylamine groups is 2. The highest BCUT2D eigenvalue weighted by molar-refractivity contribution is 6.23. The summed E-state index contributed by atoms with van der Waals surface area (Å²) in [7, 11) is 0. The van der Waals surface area contributed by atoms with E-state index in [0.717, 1.165) is 5.56 Å². The molecule has 162 valence electrons. The molecule has 0 aliphatic carbocycles. The number of aliphatic hydroxyl groups is 1. The Balaban J connectivity index is 1.50. The Morgan fingerprint density at radius 3 is 2.39 bits per heavy atom. The molecule has 3 heterocycles. The van der Waals surface area contributed by atoms with Crippen molar-refractivity contribution in [3.8, 4) is 0 Å². The first-order valence-corrected chi connectivity index (χ1v) is 10.4. The molecule has 2 amide bonds. The number of anilines is 1. The lowest BCUT2D eigenvalue weighted by Gasteiger charge is -2.39. The lowest BCUT2D eigenvalue weighted by molar-refractivity contribution is -0.275. The van der Waals surface area contributed by atoms with Crippen LogP contribution in [-0.4, -0.2) is 59.2 Å². The highest BCUT2D eigenvalue weighted by Gasteiger charge is 2.62. The molecule has 31 heavy (non-hydrogen) atoms. The molecule has 6 atom stereocenters. The first-order valence-electron chi connectivity index (χ1n) is 10.4. The Kier molecular flexibility index (Phi) is 5.33. The standard InChI is InChI=1S/C23H24N2O6/c1-14-29-13-17(26)20(30-14)19-18-21(31-24(19)12-15-8-4-2-5-9-15)23(28)25(22(18)27)16-10-6-3-7-11-16/h2-11,14,17-21,26H,12-13H2,1H3/t14-,17+,18+,19-,20-,21-/m0/s1.